The number of likely N-dealkylation sites (N-methyl/N-ethyl adjacent to an activating group) is 1. The summed E-state index contributed by atoms with van der Waals surface area (Å²) in [5, 5.41) is 9.45. The molecule has 0 bridgehead atoms. The minimum absolute atomic E-state index is 0.0608. The largest absolute Gasteiger partial charge is 0.484 e. The molecule has 28 heavy (non-hydrogen) atoms. The van der Waals surface area contributed by atoms with Crippen molar-refractivity contribution in [1.29, 1.82) is 0 Å². The van der Waals surface area contributed by atoms with Gasteiger partial charge in [0.25, 0.3) is 11.8 Å². The zero-order chi connectivity index (χ0) is 20.1. The summed E-state index contributed by atoms with van der Waals surface area (Å²) >= 11 is 0. The van der Waals surface area contributed by atoms with Crippen LogP contribution >= 0.6 is 0 Å². The highest BCUT2D eigenvalue weighted by atomic mass is 19.1. The SMILES string of the molecule is CN(C)C(=O)COc1ccc(NC(=O)c2cn[nH]c2-c2ccc(F)cc2)cc1. The number of rotatable bonds is 6. The molecule has 0 fully saturated rings. The zero-order valence-electron chi connectivity index (χ0n) is 15.4. The van der Waals surface area contributed by atoms with Crippen LogP contribution in [0.15, 0.2) is 54.7 Å². The number of aromatic nitrogens is 2. The molecule has 0 radical (unpaired) electrons. The summed E-state index contributed by atoms with van der Waals surface area (Å²) in [7, 11) is 3.31. The number of nitrogens with zero attached hydrogens (tertiary/aromatic N) is 2. The molecule has 1 heterocycles. The first-order chi connectivity index (χ1) is 13.4. The van der Waals surface area contributed by atoms with Gasteiger partial charge in [0, 0.05) is 25.3 Å². The van der Waals surface area contributed by atoms with Crippen LogP contribution in [0.2, 0.25) is 0 Å². The zero-order valence-corrected chi connectivity index (χ0v) is 15.4. The average Bonchev–Trinajstić information content (AvgIpc) is 3.17. The van der Waals surface area contributed by atoms with Gasteiger partial charge in [-0.2, -0.15) is 5.10 Å². The summed E-state index contributed by atoms with van der Waals surface area (Å²) < 4.78 is 18.5. The molecule has 1 aromatic heterocycles. The third kappa shape index (κ3) is 4.53. The second kappa shape index (κ2) is 8.34. The van der Waals surface area contributed by atoms with Crippen molar-refractivity contribution in [3.05, 3.63) is 66.1 Å². The fraction of sp³-hybridized carbons (Fsp3) is 0.150. The van der Waals surface area contributed by atoms with Crippen molar-refractivity contribution >= 4 is 17.5 Å². The van der Waals surface area contributed by atoms with Crippen molar-refractivity contribution in [2.75, 3.05) is 26.0 Å². The molecule has 0 atom stereocenters. The van der Waals surface area contributed by atoms with E-state index in [0.717, 1.165) is 0 Å². The first kappa shape index (κ1) is 19.1. The molecule has 0 spiro atoms. The minimum atomic E-state index is -0.358. The lowest BCUT2D eigenvalue weighted by molar-refractivity contribution is -0.130. The molecule has 3 aromatic rings. The Kier molecular flexibility index (Phi) is 5.69. The van der Waals surface area contributed by atoms with Gasteiger partial charge in [0.05, 0.1) is 17.5 Å². The van der Waals surface area contributed by atoms with Gasteiger partial charge >= 0.3 is 0 Å². The number of H-pyrrole nitrogens is 1. The van der Waals surface area contributed by atoms with Gasteiger partial charge in [-0.3, -0.25) is 14.7 Å². The number of carbonyl (C=O) groups excluding carboxylic acids is 2. The van der Waals surface area contributed by atoms with E-state index in [4.69, 9.17) is 4.74 Å². The number of benzene rings is 2. The van der Waals surface area contributed by atoms with Gasteiger partial charge in [-0.25, -0.2) is 4.39 Å². The number of carbonyl (C=O) groups is 2. The number of aromatic amines is 1. The van der Waals surface area contributed by atoms with Gasteiger partial charge in [0.1, 0.15) is 11.6 Å². The summed E-state index contributed by atoms with van der Waals surface area (Å²) in [6, 6.07) is 12.4. The quantitative estimate of drug-likeness (QED) is 0.686. The first-order valence-corrected chi connectivity index (χ1v) is 8.47. The second-order valence-corrected chi connectivity index (χ2v) is 6.22. The summed E-state index contributed by atoms with van der Waals surface area (Å²) in [5.41, 5.74) is 2.05. The van der Waals surface area contributed by atoms with Gasteiger partial charge in [0.15, 0.2) is 6.61 Å². The molecular formula is C20H19FN4O3. The number of hydrogen-bond donors (Lipinski definition) is 2. The molecule has 2 N–H and O–H groups in total. The van der Waals surface area contributed by atoms with E-state index in [0.29, 0.717) is 28.3 Å². The van der Waals surface area contributed by atoms with Gasteiger partial charge in [-0.05, 0) is 48.5 Å². The number of amides is 2. The number of nitrogens with one attached hydrogen (secondary N) is 2. The van der Waals surface area contributed by atoms with E-state index >= 15 is 0 Å². The first-order valence-electron chi connectivity index (χ1n) is 8.47. The van der Waals surface area contributed by atoms with E-state index in [1.165, 1.54) is 23.2 Å². The molecular weight excluding hydrogens is 363 g/mol. The van der Waals surface area contributed by atoms with Crippen LogP contribution in [0.25, 0.3) is 11.3 Å². The van der Waals surface area contributed by atoms with Crippen LogP contribution in [0.5, 0.6) is 5.75 Å². The van der Waals surface area contributed by atoms with Crippen LogP contribution in [-0.2, 0) is 4.79 Å². The summed E-state index contributed by atoms with van der Waals surface area (Å²) in [4.78, 5) is 25.6. The Morgan fingerprint density at radius 3 is 2.43 bits per heavy atom. The smallest absolute Gasteiger partial charge is 0.259 e. The summed E-state index contributed by atoms with van der Waals surface area (Å²) in [6.07, 6.45) is 1.42. The third-order valence-electron chi connectivity index (χ3n) is 3.99. The van der Waals surface area contributed by atoms with Crippen LogP contribution in [0.4, 0.5) is 10.1 Å². The van der Waals surface area contributed by atoms with Crippen molar-refractivity contribution in [3.8, 4) is 17.0 Å². The molecule has 8 heteroatoms. The molecule has 0 aliphatic heterocycles. The highest BCUT2D eigenvalue weighted by molar-refractivity contribution is 6.08. The predicted octanol–water partition coefficient (Wildman–Crippen LogP) is 2.94. The molecule has 3 rings (SSSR count). The third-order valence-corrected chi connectivity index (χ3v) is 3.99. The highest BCUT2D eigenvalue weighted by Crippen LogP contribution is 2.23. The maximum atomic E-state index is 13.1. The number of hydrogen-bond acceptors (Lipinski definition) is 4. The Morgan fingerprint density at radius 2 is 1.79 bits per heavy atom. The summed E-state index contributed by atoms with van der Waals surface area (Å²) in [5.74, 6) is -0.345. The van der Waals surface area contributed by atoms with E-state index in [1.54, 1.807) is 50.5 Å². The number of anilines is 1. The maximum Gasteiger partial charge on any atom is 0.259 e. The van der Waals surface area contributed by atoms with E-state index in [9.17, 15) is 14.0 Å². The Bertz CT molecular complexity index is 966. The van der Waals surface area contributed by atoms with E-state index in [2.05, 4.69) is 15.5 Å². The highest BCUT2D eigenvalue weighted by Gasteiger charge is 2.15. The topological polar surface area (TPSA) is 87.3 Å². The van der Waals surface area contributed by atoms with E-state index in [-0.39, 0.29) is 24.2 Å². The van der Waals surface area contributed by atoms with Crippen molar-refractivity contribution in [2.45, 2.75) is 0 Å². The Labute approximate surface area is 161 Å². The second-order valence-electron chi connectivity index (χ2n) is 6.22. The monoisotopic (exact) mass is 382 g/mol. The van der Waals surface area contributed by atoms with Crippen molar-refractivity contribution in [1.82, 2.24) is 15.1 Å². The molecule has 0 unspecified atom stereocenters. The summed E-state index contributed by atoms with van der Waals surface area (Å²) in [6.45, 7) is -0.0608. The van der Waals surface area contributed by atoms with E-state index < -0.39 is 0 Å². The molecule has 0 saturated heterocycles. The Hall–Kier alpha value is -3.68. The lowest BCUT2D eigenvalue weighted by atomic mass is 10.1. The lowest BCUT2D eigenvalue weighted by Gasteiger charge is -2.12. The van der Waals surface area contributed by atoms with Gasteiger partial charge in [-0.1, -0.05) is 0 Å². The fourth-order valence-electron chi connectivity index (χ4n) is 2.40. The molecule has 7 nitrogen and oxygen atoms in total. The van der Waals surface area contributed by atoms with Crippen LogP contribution in [0, 0.1) is 5.82 Å². The van der Waals surface area contributed by atoms with Crippen LogP contribution in [0.1, 0.15) is 10.4 Å². The van der Waals surface area contributed by atoms with Gasteiger partial charge in [-0.15, -0.1) is 0 Å². The van der Waals surface area contributed by atoms with Crippen LogP contribution in [0.3, 0.4) is 0 Å². The molecule has 2 amide bonds. The van der Waals surface area contributed by atoms with E-state index in [1.807, 2.05) is 0 Å². The van der Waals surface area contributed by atoms with Gasteiger partial charge in [0.2, 0.25) is 0 Å². The normalized spacial score (nSPS) is 10.4. The van der Waals surface area contributed by atoms with Crippen molar-refractivity contribution in [3.63, 3.8) is 0 Å². The molecule has 144 valence electrons. The minimum Gasteiger partial charge on any atom is -0.484 e. The Balaban J connectivity index is 1.66. The fourth-order valence-corrected chi connectivity index (χ4v) is 2.40. The van der Waals surface area contributed by atoms with Gasteiger partial charge < -0.3 is 15.0 Å². The molecule has 0 saturated carbocycles. The van der Waals surface area contributed by atoms with Crippen molar-refractivity contribution < 1.29 is 18.7 Å². The van der Waals surface area contributed by atoms with Crippen molar-refractivity contribution in [2.24, 2.45) is 0 Å². The lowest BCUT2D eigenvalue weighted by Crippen LogP contribution is -2.27. The van der Waals surface area contributed by atoms with Crippen LogP contribution < -0.4 is 10.1 Å². The van der Waals surface area contributed by atoms with Crippen LogP contribution in [-0.4, -0.2) is 47.6 Å². The number of ether oxygens (including phenoxy) is 1. The maximum absolute atomic E-state index is 13.1. The molecule has 0 aliphatic rings. The average molecular weight is 382 g/mol. The molecule has 0 aliphatic carbocycles. The standard InChI is InChI=1S/C20H19FN4O3/c1-25(2)18(26)12-28-16-9-7-15(8-10-16)23-20(27)17-11-22-24-19(17)13-3-5-14(21)6-4-13/h3-11H,12H2,1-2H3,(H,22,24)(H,23,27). The Morgan fingerprint density at radius 1 is 1.11 bits per heavy atom. The predicted molar refractivity (Wildman–Crippen MR) is 103 cm³/mol. The number of halogens is 1. The molecule has 2 aromatic carbocycles.